The molecular weight excluding hydrogens is 306 g/mol. The zero-order valence-corrected chi connectivity index (χ0v) is 14.6. The van der Waals surface area contributed by atoms with Crippen molar-refractivity contribution in [2.75, 3.05) is 34.3 Å². The molecule has 2 heterocycles. The molecule has 2 saturated heterocycles. The van der Waals surface area contributed by atoms with Crippen molar-refractivity contribution in [2.45, 2.75) is 31.5 Å². The molecule has 2 atom stereocenters. The number of methoxy groups -OCH3 is 1. The van der Waals surface area contributed by atoms with Crippen LogP contribution in [0.1, 0.15) is 18.4 Å². The van der Waals surface area contributed by atoms with Gasteiger partial charge in [0.1, 0.15) is 12.3 Å². The van der Waals surface area contributed by atoms with E-state index in [2.05, 4.69) is 17.0 Å². The van der Waals surface area contributed by atoms with Crippen LogP contribution in [0.3, 0.4) is 0 Å². The van der Waals surface area contributed by atoms with Gasteiger partial charge >= 0.3 is 0 Å². The molecule has 130 valence electrons. The van der Waals surface area contributed by atoms with Crippen molar-refractivity contribution >= 4 is 11.8 Å². The molecule has 6 nitrogen and oxygen atoms in total. The number of fused-ring (bicyclic) bond motifs is 1. The normalized spacial score (nSPS) is 23.5. The van der Waals surface area contributed by atoms with Crippen LogP contribution in [-0.2, 0) is 16.1 Å². The van der Waals surface area contributed by atoms with Crippen molar-refractivity contribution in [3.63, 3.8) is 0 Å². The predicted octanol–water partition coefficient (Wildman–Crippen LogP) is 0.959. The molecule has 1 aromatic rings. The van der Waals surface area contributed by atoms with Gasteiger partial charge in [-0.15, -0.1) is 0 Å². The number of amides is 2. The molecule has 2 aliphatic heterocycles. The molecule has 2 amide bonds. The van der Waals surface area contributed by atoms with Crippen LogP contribution in [0.15, 0.2) is 24.3 Å². The van der Waals surface area contributed by atoms with Crippen LogP contribution in [0.25, 0.3) is 0 Å². The molecule has 0 radical (unpaired) electrons. The fourth-order valence-corrected chi connectivity index (χ4v) is 3.66. The van der Waals surface area contributed by atoms with Crippen molar-refractivity contribution < 1.29 is 14.3 Å². The Morgan fingerprint density at radius 3 is 2.58 bits per heavy atom. The van der Waals surface area contributed by atoms with Crippen molar-refractivity contribution in [3.8, 4) is 5.75 Å². The first-order valence-electron chi connectivity index (χ1n) is 8.36. The topological polar surface area (TPSA) is 53.1 Å². The average Bonchev–Trinajstić information content (AvgIpc) is 3.08. The molecular formula is C18H25N3O3. The lowest BCUT2D eigenvalue weighted by atomic mass is 10.1. The van der Waals surface area contributed by atoms with Gasteiger partial charge in [0.15, 0.2) is 0 Å². The summed E-state index contributed by atoms with van der Waals surface area (Å²) < 4.78 is 5.19. The minimum atomic E-state index is -0.0161. The van der Waals surface area contributed by atoms with E-state index in [4.69, 9.17) is 4.74 Å². The third-order valence-electron chi connectivity index (χ3n) is 5.08. The molecule has 0 aliphatic carbocycles. The minimum absolute atomic E-state index is 0.0161. The van der Waals surface area contributed by atoms with Gasteiger partial charge in [-0.2, -0.15) is 0 Å². The van der Waals surface area contributed by atoms with E-state index in [-0.39, 0.29) is 30.4 Å². The van der Waals surface area contributed by atoms with Crippen molar-refractivity contribution in [1.82, 2.24) is 14.7 Å². The van der Waals surface area contributed by atoms with Gasteiger partial charge in [-0.3, -0.25) is 14.5 Å². The van der Waals surface area contributed by atoms with E-state index in [1.807, 2.05) is 12.1 Å². The fraction of sp³-hybridized carbons (Fsp3) is 0.556. The van der Waals surface area contributed by atoms with E-state index in [1.165, 1.54) is 5.56 Å². The summed E-state index contributed by atoms with van der Waals surface area (Å²) in [7, 11) is 5.11. The van der Waals surface area contributed by atoms with E-state index in [9.17, 15) is 9.59 Å². The maximum atomic E-state index is 12.3. The highest BCUT2D eigenvalue weighted by Gasteiger charge is 2.46. The lowest BCUT2D eigenvalue weighted by Gasteiger charge is -2.26. The van der Waals surface area contributed by atoms with Crippen LogP contribution in [0.2, 0.25) is 0 Å². The second-order valence-electron chi connectivity index (χ2n) is 6.76. The summed E-state index contributed by atoms with van der Waals surface area (Å²) in [6, 6.07) is 8.44. The number of hydrogen-bond acceptors (Lipinski definition) is 4. The third-order valence-corrected chi connectivity index (χ3v) is 5.08. The Morgan fingerprint density at radius 2 is 1.96 bits per heavy atom. The third kappa shape index (κ3) is 3.24. The van der Waals surface area contributed by atoms with Gasteiger partial charge in [0.2, 0.25) is 11.8 Å². The van der Waals surface area contributed by atoms with Crippen LogP contribution < -0.4 is 4.74 Å². The Balaban J connectivity index is 1.65. The van der Waals surface area contributed by atoms with Gasteiger partial charge in [-0.05, 0) is 24.1 Å². The summed E-state index contributed by atoms with van der Waals surface area (Å²) in [5.74, 6) is 0.930. The second kappa shape index (κ2) is 6.81. The number of likely N-dealkylation sites (tertiary alicyclic amines) is 2. The Morgan fingerprint density at radius 1 is 1.25 bits per heavy atom. The van der Waals surface area contributed by atoms with Crippen molar-refractivity contribution in [3.05, 3.63) is 29.8 Å². The molecule has 0 spiro atoms. The molecule has 2 aliphatic rings. The zero-order chi connectivity index (χ0) is 17.3. The maximum Gasteiger partial charge on any atom is 0.241 e. The van der Waals surface area contributed by atoms with Gasteiger partial charge in [-0.25, -0.2) is 0 Å². The van der Waals surface area contributed by atoms with E-state index in [1.54, 1.807) is 31.0 Å². The van der Waals surface area contributed by atoms with Crippen LogP contribution in [0.4, 0.5) is 0 Å². The molecule has 0 N–H and O–H groups in total. The van der Waals surface area contributed by atoms with Gasteiger partial charge < -0.3 is 14.5 Å². The van der Waals surface area contributed by atoms with Crippen LogP contribution in [0.5, 0.6) is 5.75 Å². The summed E-state index contributed by atoms with van der Waals surface area (Å²) in [6.45, 7) is 1.98. The summed E-state index contributed by atoms with van der Waals surface area (Å²) in [6.07, 6.45) is 1.45. The lowest BCUT2D eigenvalue weighted by Crippen LogP contribution is -2.43. The summed E-state index contributed by atoms with van der Waals surface area (Å²) in [5.41, 5.74) is 1.21. The molecule has 2 fully saturated rings. The fourth-order valence-electron chi connectivity index (χ4n) is 3.66. The number of rotatable bonds is 5. The van der Waals surface area contributed by atoms with E-state index in [0.29, 0.717) is 6.42 Å². The van der Waals surface area contributed by atoms with Crippen LogP contribution in [0, 0.1) is 0 Å². The highest BCUT2D eigenvalue weighted by molar-refractivity contribution is 5.86. The molecule has 24 heavy (non-hydrogen) atoms. The number of carbonyl (C=O) groups excluding carboxylic acids is 2. The van der Waals surface area contributed by atoms with Crippen LogP contribution in [-0.4, -0.2) is 72.9 Å². The molecule has 3 rings (SSSR count). The molecule has 0 saturated carbocycles. The Labute approximate surface area is 143 Å². The van der Waals surface area contributed by atoms with Gasteiger partial charge in [-0.1, -0.05) is 12.1 Å². The summed E-state index contributed by atoms with van der Waals surface area (Å²) in [4.78, 5) is 30.0. The highest BCUT2D eigenvalue weighted by atomic mass is 16.5. The monoisotopic (exact) mass is 331 g/mol. The highest BCUT2D eigenvalue weighted by Crippen LogP contribution is 2.33. The molecule has 0 unspecified atom stereocenters. The first-order chi connectivity index (χ1) is 11.5. The quantitative estimate of drug-likeness (QED) is 0.806. The Hall–Kier alpha value is -2.08. The van der Waals surface area contributed by atoms with Gasteiger partial charge in [0.25, 0.3) is 0 Å². The second-order valence-corrected chi connectivity index (χ2v) is 6.76. The Kier molecular flexibility index (Phi) is 4.76. The summed E-state index contributed by atoms with van der Waals surface area (Å²) in [5, 5.41) is 0. The smallest absolute Gasteiger partial charge is 0.241 e. The largest absolute Gasteiger partial charge is 0.497 e. The number of ether oxygens (including phenoxy) is 1. The van der Waals surface area contributed by atoms with E-state index in [0.717, 1.165) is 25.3 Å². The van der Waals surface area contributed by atoms with Crippen molar-refractivity contribution in [2.24, 2.45) is 0 Å². The Bertz CT molecular complexity index is 614. The maximum absolute atomic E-state index is 12.3. The lowest BCUT2D eigenvalue weighted by molar-refractivity contribution is -0.138. The first-order valence-corrected chi connectivity index (χ1v) is 8.36. The first kappa shape index (κ1) is 16.8. The molecule has 0 bridgehead atoms. The minimum Gasteiger partial charge on any atom is -0.497 e. The summed E-state index contributed by atoms with van der Waals surface area (Å²) >= 11 is 0. The standard InChI is InChI=1S/C18H25N3O3/c1-19(2)18(23)12-21-15-8-9-20(16(15)10-17(21)22)11-13-4-6-14(24-3)7-5-13/h4-7,15-16H,8-12H2,1-3H3/t15-,16+/m1/s1. The number of nitrogens with zero attached hydrogens (tertiary/aromatic N) is 3. The number of likely N-dealkylation sites (N-methyl/N-ethyl adjacent to an activating group) is 1. The zero-order valence-electron chi connectivity index (χ0n) is 14.6. The van der Waals surface area contributed by atoms with Gasteiger partial charge in [0.05, 0.1) is 7.11 Å². The molecule has 0 aromatic heterocycles. The number of carbonyl (C=O) groups is 2. The van der Waals surface area contributed by atoms with Crippen LogP contribution >= 0.6 is 0 Å². The number of hydrogen-bond donors (Lipinski definition) is 0. The van der Waals surface area contributed by atoms with Gasteiger partial charge in [0, 0.05) is 45.7 Å². The molecule has 6 heteroatoms. The SMILES string of the molecule is COc1ccc(CN2CC[C@@H]3[C@@H]2CC(=O)N3CC(=O)N(C)C)cc1. The predicted molar refractivity (Wildman–Crippen MR) is 90.6 cm³/mol. The van der Waals surface area contributed by atoms with Crippen molar-refractivity contribution in [1.29, 1.82) is 0 Å². The van der Waals surface area contributed by atoms with E-state index < -0.39 is 0 Å². The number of benzene rings is 1. The molecule has 1 aromatic carbocycles. The average molecular weight is 331 g/mol. The van der Waals surface area contributed by atoms with E-state index >= 15 is 0 Å².